The lowest BCUT2D eigenvalue weighted by Crippen LogP contribution is -2.49. The van der Waals surface area contributed by atoms with Crippen molar-refractivity contribution in [2.75, 3.05) is 113 Å². The lowest BCUT2D eigenvalue weighted by atomic mass is 9.68. The number of amides is 2. The smallest absolute Gasteiger partial charge is 0.343 e. The zero-order chi connectivity index (χ0) is 65.9. The fraction of sp³-hybridized carbons (Fsp3) is 0.500. The third-order valence-electron chi connectivity index (χ3n) is 15.8. The van der Waals surface area contributed by atoms with Crippen LogP contribution in [0.2, 0.25) is 5.02 Å². The van der Waals surface area contributed by atoms with Crippen LogP contribution in [-0.4, -0.2) is 172 Å². The van der Waals surface area contributed by atoms with Crippen LogP contribution in [0.25, 0.3) is 0 Å². The molecule has 0 radical (unpaired) electrons. The summed E-state index contributed by atoms with van der Waals surface area (Å²) >= 11 is 6.46. The Labute approximate surface area is 531 Å². The van der Waals surface area contributed by atoms with Crippen molar-refractivity contribution in [3.63, 3.8) is 0 Å². The fourth-order valence-corrected chi connectivity index (χ4v) is 13.6. The minimum atomic E-state index is -3.57. The number of carboxylic acid groups (broad SMARTS) is 1. The van der Waals surface area contributed by atoms with Gasteiger partial charge < -0.3 is 49.4 Å². The number of carbonyl (C=O) groups excluding carboxylic acids is 4. The Balaban J connectivity index is 0.000000242. The van der Waals surface area contributed by atoms with Gasteiger partial charge in [-0.1, -0.05) is 36.7 Å². The first-order chi connectivity index (χ1) is 42.6. The number of benzene rings is 2. The van der Waals surface area contributed by atoms with E-state index in [4.69, 9.17) is 41.4 Å². The van der Waals surface area contributed by atoms with Crippen molar-refractivity contribution in [3.8, 4) is 5.75 Å². The van der Waals surface area contributed by atoms with Gasteiger partial charge in [0.25, 0.3) is 11.8 Å². The highest BCUT2D eigenvalue weighted by Crippen LogP contribution is 2.47. The van der Waals surface area contributed by atoms with Gasteiger partial charge in [-0.05, 0) is 112 Å². The molecule has 1 unspecified atom stereocenters. The number of nitrogens with two attached hydrogens (primary N) is 1. The molecular formula is C62H86ClN15O11S. The van der Waals surface area contributed by atoms with E-state index in [1.54, 1.807) is 115 Å². The second-order valence-electron chi connectivity index (χ2n) is 23.5. The standard InChI is InChI=1S/C39H49ClN6O5S.C9H15N3O2.2C7H11N3O2/c1-25-8-6-10-34(50-5)30-14-11-28(30)20-46-23-39(17-7-9-26-18-29(40)13-15-32(26)39)24-51-35-16-12-27(19-33(35)46)37(47)42-52(49,22-25)43-38(48)31-21-45(4)41-36(31)44(2)3;1-5-14-9(13)7-6-12(4)10-8(7)11(2)3;1-9(2)6-5(7(11)12)4-10(3)8-6;1-3-12-7(11)5-4-10(2)9-6(5)8/h6,10,12-13,15-16,18-19,21,25,28,30,34H,7-9,11,14,17,20,22-24H2,1-5H3,(H,42,43,47,48,49);6H,5H2,1-4H3;4H,1-3H3,(H,11,12);4H,3H2,1-2H3,(H2,8,9)/b10-6+;;;/t25-,28-,30+,34-,39-,52?;;;/m0.../s1. The van der Waals surface area contributed by atoms with Gasteiger partial charge in [0.2, 0.25) is 0 Å². The molecule has 10 rings (SSSR count). The van der Waals surface area contributed by atoms with Crippen LogP contribution in [0.5, 0.6) is 5.75 Å². The lowest BCUT2D eigenvalue weighted by Gasteiger charge is -2.46. The minimum absolute atomic E-state index is 0.0117. The number of nitrogens with zero attached hydrogens (tertiary/aromatic N) is 13. The maximum absolute atomic E-state index is 14.7. The average molecular weight is 1280 g/mol. The number of allylic oxidation sites excluding steroid dienone is 1. The van der Waals surface area contributed by atoms with Crippen LogP contribution >= 0.6 is 11.6 Å². The van der Waals surface area contributed by atoms with Crippen molar-refractivity contribution in [1.82, 2.24) is 43.8 Å². The van der Waals surface area contributed by atoms with Crippen LogP contribution in [0.15, 0.2) is 77.7 Å². The first-order valence-corrected chi connectivity index (χ1v) is 31.8. The predicted molar refractivity (Wildman–Crippen MR) is 346 cm³/mol. The van der Waals surface area contributed by atoms with Gasteiger partial charge in [-0.2, -0.15) is 20.4 Å². The molecule has 4 aromatic heterocycles. The molecule has 2 amide bonds. The second-order valence-corrected chi connectivity index (χ2v) is 26.0. The van der Waals surface area contributed by atoms with E-state index < -0.39 is 33.7 Å². The Hall–Kier alpha value is -8.43. The van der Waals surface area contributed by atoms with Crippen LogP contribution in [-0.2, 0) is 64.2 Å². The molecule has 0 saturated heterocycles. The first kappa shape index (κ1) is 69.1. The molecule has 90 heavy (non-hydrogen) atoms. The molecule has 4 aliphatic rings. The third-order valence-corrected chi connectivity index (χ3v) is 18.0. The largest absolute Gasteiger partial charge is 0.490 e. The summed E-state index contributed by atoms with van der Waals surface area (Å²) in [6.45, 7) is 8.18. The van der Waals surface area contributed by atoms with Crippen LogP contribution < -0.4 is 34.8 Å². The molecule has 2 aliphatic carbocycles. The summed E-state index contributed by atoms with van der Waals surface area (Å²) in [6.07, 6.45) is 16.1. The summed E-state index contributed by atoms with van der Waals surface area (Å²) in [6, 6.07) is 11.6. The number of carbonyl (C=O) groups is 5. The van der Waals surface area contributed by atoms with E-state index in [0.29, 0.717) is 79.0 Å². The molecular weight excluding hydrogens is 1200 g/mol. The van der Waals surface area contributed by atoms with E-state index >= 15 is 0 Å². The molecule has 6 aromatic rings. The Morgan fingerprint density at radius 3 is 1.94 bits per heavy atom. The summed E-state index contributed by atoms with van der Waals surface area (Å²) in [5, 5.41) is 25.8. The number of nitrogens with one attached hydrogen (secondary N) is 1. The van der Waals surface area contributed by atoms with E-state index in [1.165, 1.54) is 37.6 Å². The number of methoxy groups -OCH3 is 1. The van der Waals surface area contributed by atoms with Crippen molar-refractivity contribution >= 4 is 80.2 Å². The number of hydrogen-bond acceptors (Lipinski definition) is 19. The van der Waals surface area contributed by atoms with Crippen LogP contribution in [0, 0.1) is 17.8 Å². The minimum Gasteiger partial charge on any atom is -0.490 e. The molecule has 6 heterocycles. The molecule has 2 aliphatic heterocycles. The molecule has 1 fully saturated rings. The number of rotatable bonds is 11. The number of fused-ring (bicyclic) bond motifs is 4. The molecule has 488 valence electrons. The molecule has 28 heteroatoms. The van der Waals surface area contributed by atoms with E-state index in [0.717, 1.165) is 49.4 Å². The third kappa shape index (κ3) is 16.7. The van der Waals surface area contributed by atoms with E-state index in [-0.39, 0.29) is 51.7 Å². The Morgan fingerprint density at radius 1 is 0.811 bits per heavy atom. The molecule has 1 spiro atoms. The molecule has 2 aromatic carbocycles. The van der Waals surface area contributed by atoms with Gasteiger partial charge in [0, 0.05) is 131 Å². The van der Waals surface area contributed by atoms with Crippen LogP contribution in [0.3, 0.4) is 0 Å². The number of aryl methyl sites for hydroxylation is 5. The number of hydrogen-bond donors (Lipinski definition) is 3. The number of aromatic nitrogens is 8. The van der Waals surface area contributed by atoms with E-state index in [2.05, 4.69) is 58.7 Å². The summed E-state index contributed by atoms with van der Waals surface area (Å²) in [5.74, 6) is 0.00866. The van der Waals surface area contributed by atoms with Gasteiger partial charge in [-0.3, -0.25) is 33.0 Å². The van der Waals surface area contributed by atoms with Gasteiger partial charge in [0.05, 0.1) is 37.4 Å². The highest BCUT2D eigenvalue weighted by Gasteiger charge is 2.45. The number of ether oxygens (including phenoxy) is 4. The zero-order valence-electron chi connectivity index (χ0n) is 53.9. The van der Waals surface area contributed by atoms with Gasteiger partial charge in [0.15, 0.2) is 23.3 Å². The highest BCUT2D eigenvalue weighted by atomic mass is 35.5. The Bertz CT molecular complexity index is 3710. The molecule has 1 saturated carbocycles. The van der Waals surface area contributed by atoms with Gasteiger partial charge in [-0.25, -0.2) is 18.6 Å². The maximum atomic E-state index is 14.7. The quantitative estimate of drug-likeness (QED) is 0.0851. The number of nitrogen functional groups attached to an aromatic ring is 1. The van der Waals surface area contributed by atoms with Crippen molar-refractivity contribution in [1.29, 1.82) is 0 Å². The van der Waals surface area contributed by atoms with Crippen molar-refractivity contribution < 1.29 is 52.2 Å². The van der Waals surface area contributed by atoms with Crippen molar-refractivity contribution in [2.24, 2.45) is 50.3 Å². The van der Waals surface area contributed by atoms with Gasteiger partial charge in [-0.15, -0.1) is 4.36 Å². The molecule has 26 nitrogen and oxygen atoms in total. The van der Waals surface area contributed by atoms with E-state index in [9.17, 15) is 28.2 Å². The molecule has 6 atom stereocenters. The van der Waals surface area contributed by atoms with Crippen molar-refractivity contribution in [3.05, 3.63) is 117 Å². The van der Waals surface area contributed by atoms with Gasteiger partial charge in [0.1, 0.15) is 37.9 Å². The summed E-state index contributed by atoms with van der Waals surface area (Å²) in [4.78, 5) is 68.6. The summed E-state index contributed by atoms with van der Waals surface area (Å²) in [5.41, 5.74) is 10.1. The number of anilines is 5. The number of aromatic carboxylic acids is 1. The number of carboxylic acids is 1. The van der Waals surface area contributed by atoms with Crippen LogP contribution in [0.1, 0.15) is 116 Å². The topological polar surface area (TPSA) is 294 Å². The lowest BCUT2D eigenvalue weighted by molar-refractivity contribution is 0.0131. The Kier molecular flexibility index (Phi) is 23.0. The number of halogens is 1. The highest BCUT2D eigenvalue weighted by molar-refractivity contribution is 7.92. The van der Waals surface area contributed by atoms with Crippen LogP contribution in [0.4, 0.5) is 29.0 Å². The summed E-state index contributed by atoms with van der Waals surface area (Å²) in [7, 11) is 15.8. The normalized spacial score (nSPS) is 21.2. The fourth-order valence-electron chi connectivity index (χ4n) is 11.5. The zero-order valence-corrected chi connectivity index (χ0v) is 55.5. The van der Waals surface area contributed by atoms with E-state index in [1.807, 2.05) is 39.2 Å². The SMILES string of the molecule is CCOC(=O)c1cn(C)nc1N.CCOC(=O)c1cn(C)nc1N(C)C.CN(C)c1nn(C)cc1C(=O)O.CO[C@H]1/C=C/C[C@H](C)CS(=O)(NC(=O)c2cn(C)nc2N(C)C)=NC(=O)c2ccc3c(c2)N(C[C@@H]2CC[C@H]21)C[C@@]1(CCCc2cc(Cl)ccc21)CO3. The van der Waals surface area contributed by atoms with Crippen molar-refractivity contribution in [2.45, 2.75) is 70.8 Å². The second kappa shape index (κ2) is 29.9. The molecule has 2 bridgehead atoms. The Morgan fingerprint density at radius 2 is 1.39 bits per heavy atom. The number of esters is 2. The maximum Gasteiger partial charge on any atom is 0.343 e. The summed E-state index contributed by atoms with van der Waals surface area (Å²) < 4.78 is 50.1. The monoisotopic (exact) mass is 1280 g/mol. The molecule has 4 N–H and O–H groups in total. The average Bonchev–Trinajstić information content (AvgIpc) is 1.36. The first-order valence-electron chi connectivity index (χ1n) is 29.7. The van der Waals surface area contributed by atoms with Gasteiger partial charge >= 0.3 is 17.9 Å². The predicted octanol–water partition coefficient (Wildman–Crippen LogP) is 7.23.